The molecule has 2 nitrogen and oxygen atoms in total. The fourth-order valence-electron chi connectivity index (χ4n) is 3.36. The van der Waals surface area contributed by atoms with E-state index in [1.54, 1.807) is 0 Å². The molecule has 0 aliphatic rings. The van der Waals surface area contributed by atoms with Crippen LogP contribution in [0.2, 0.25) is 12.6 Å². The third kappa shape index (κ3) is 4.11. The second-order valence-electron chi connectivity index (χ2n) is 6.93. The van der Waals surface area contributed by atoms with Crippen LogP contribution in [-0.2, 0) is 4.79 Å². The molecule has 3 aromatic rings. The zero-order chi connectivity index (χ0) is 18.4. The van der Waals surface area contributed by atoms with Gasteiger partial charge in [0, 0.05) is 12.1 Å². The topological polar surface area (TPSA) is 29.1 Å². The van der Waals surface area contributed by atoms with Gasteiger partial charge in [-0.05, 0) is 24.6 Å². The summed E-state index contributed by atoms with van der Waals surface area (Å²) in [6.07, 6.45) is 0.529. The summed E-state index contributed by atoms with van der Waals surface area (Å²) >= 11 is 0. The quantitative estimate of drug-likeness (QED) is 0.656. The van der Waals surface area contributed by atoms with E-state index in [4.69, 9.17) is 0 Å². The summed E-state index contributed by atoms with van der Waals surface area (Å²) in [7, 11) is -1.96. The molecule has 1 amide bonds. The van der Waals surface area contributed by atoms with Crippen molar-refractivity contribution in [2.45, 2.75) is 25.9 Å². The monoisotopic (exact) mass is 359 g/mol. The lowest BCUT2D eigenvalue weighted by Gasteiger charge is -2.28. The Morgan fingerprint density at radius 3 is 1.85 bits per heavy atom. The van der Waals surface area contributed by atoms with Crippen LogP contribution in [0.1, 0.15) is 12.0 Å². The van der Waals surface area contributed by atoms with Gasteiger partial charge < -0.3 is 5.32 Å². The number of aryl methyl sites for hydroxylation is 1. The molecule has 0 saturated carbocycles. The zero-order valence-corrected chi connectivity index (χ0v) is 16.4. The molecule has 3 aromatic carbocycles. The van der Waals surface area contributed by atoms with E-state index in [0.717, 1.165) is 17.3 Å². The number of hydrogen-bond donors (Lipinski definition) is 1. The van der Waals surface area contributed by atoms with E-state index in [2.05, 4.69) is 60.4 Å². The van der Waals surface area contributed by atoms with Crippen molar-refractivity contribution in [1.29, 1.82) is 0 Å². The number of amides is 1. The van der Waals surface area contributed by atoms with Crippen LogP contribution in [0.5, 0.6) is 0 Å². The summed E-state index contributed by atoms with van der Waals surface area (Å²) < 4.78 is 0. The Kier molecular flexibility index (Phi) is 5.69. The molecule has 1 N–H and O–H groups in total. The molecule has 26 heavy (non-hydrogen) atoms. The number of nitrogens with one attached hydrogen (secondary N) is 1. The molecule has 0 spiro atoms. The minimum Gasteiger partial charge on any atom is -0.326 e. The van der Waals surface area contributed by atoms with Gasteiger partial charge in [0.25, 0.3) is 0 Å². The molecule has 0 radical (unpaired) electrons. The van der Waals surface area contributed by atoms with Crippen molar-refractivity contribution in [1.82, 2.24) is 0 Å². The number of benzene rings is 3. The number of anilines is 1. The van der Waals surface area contributed by atoms with Gasteiger partial charge in [0.05, 0.1) is 0 Å². The summed E-state index contributed by atoms with van der Waals surface area (Å²) in [6.45, 7) is 4.38. The van der Waals surface area contributed by atoms with E-state index in [1.807, 2.05) is 43.3 Å². The first-order valence-corrected chi connectivity index (χ1v) is 11.8. The Bertz CT molecular complexity index is 822. The first-order valence-electron chi connectivity index (χ1n) is 9.06. The van der Waals surface area contributed by atoms with Crippen LogP contribution in [0.15, 0.2) is 84.9 Å². The lowest BCUT2D eigenvalue weighted by atomic mass is 10.2. The van der Waals surface area contributed by atoms with Gasteiger partial charge in [0.2, 0.25) is 5.91 Å². The second-order valence-corrected chi connectivity index (χ2v) is 11.2. The minimum absolute atomic E-state index is 0.0879. The molecule has 0 aliphatic carbocycles. The normalized spacial score (nSPS) is 11.2. The van der Waals surface area contributed by atoms with Crippen LogP contribution in [0.25, 0.3) is 0 Å². The van der Waals surface area contributed by atoms with E-state index in [9.17, 15) is 4.79 Å². The van der Waals surface area contributed by atoms with Crippen LogP contribution in [-0.4, -0.2) is 14.0 Å². The van der Waals surface area contributed by atoms with E-state index >= 15 is 0 Å². The van der Waals surface area contributed by atoms with Crippen LogP contribution in [0, 0.1) is 6.92 Å². The maximum absolute atomic E-state index is 12.6. The van der Waals surface area contributed by atoms with Gasteiger partial charge in [-0.25, -0.2) is 0 Å². The summed E-state index contributed by atoms with van der Waals surface area (Å²) in [5.74, 6) is 0.0879. The van der Waals surface area contributed by atoms with Gasteiger partial charge in [0.1, 0.15) is 8.07 Å². The smallest absolute Gasteiger partial charge is 0.224 e. The predicted molar refractivity (Wildman–Crippen MR) is 113 cm³/mol. The van der Waals surface area contributed by atoms with Crippen molar-refractivity contribution in [2.75, 3.05) is 5.32 Å². The van der Waals surface area contributed by atoms with E-state index in [0.29, 0.717) is 6.42 Å². The molecule has 3 rings (SSSR count). The molecule has 3 heteroatoms. The molecule has 132 valence electrons. The highest BCUT2D eigenvalue weighted by Crippen LogP contribution is 2.17. The summed E-state index contributed by atoms with van der Waals surface area (Å²) in [6, 6.07) is 30.1. The van der Waals surface area contributed by atoms with E-state index in [-0.39, 0.29) is 5.91 Å². The fourth-order valence-corrected chi connectivity index (χ4v) is 6.85. The van der Waals surface area contributed by atoms with Gasteiger partial charge in [-0.15, -0.1) is 0 Å². The third-order valence-electron chi connectivity index (χ3n) is 5.09. The van der Waals surface area contributed by atoms with Gasteiger partial charge in [-0.2, -0.15) is 0 Å². The number of carbonyl (C=O) groups is 1. The van der Waals surface area contributed by atoms with Crippen LogP contribution >= 0.6 is 0 Å². The first-order chi connectivity index (χ1) is 12.6. The molecule has 0 fully saturated rings. The van der Waals surface area contributed by atoms with Crippen molar-refractivity contribution in [3.8, 4) is 0 Å². The van der Waals surface area contributed by atoms with Crippen LogP contribution in [0.3, 0.4) is 0 Å². The SMILES string of the molecule is Cc1ccccc1NC(=O)CC[Si](C)(c1ccccc1)c1ccccc1. The highest BCUT2D eigenvalue weighted by atomic mass is 28.3. The molecule has 0 aromatic heterocycles. The van der Waals surface area contributed by atoms with Gasteiger partial charge >= 0.3 is 0 Å². The highest BCUT2D eigenvalue weighted by Gasteiger charge is 2.32. The zero-order valence-electron chi connectivity index (χ0n) is 15.4. The summed E-state index contributed by atoms with van der Waals surface area (Å²) in [5.41, 5.74) is 1.99. The molecular formula is C23H25NOSi. The minimum atomic E-state index is -1.96. The number of para-hydroxylation sites is 1. The van der Waals surface area contributed by atoms with Gasteiger partial charge in [0.15, 0.2) is 0 Å². The Morgan fingerprint density at radius 1 is 0.808 bits per heavy atom. The highest BCUT2D eigenvalue weighted by molar-refractivity contribution is 7.01. The van der Waals surface area contributed by atoms with Crippen molar-refractivity contribution >= 4 is 30.0 Å². The Labute approximate surface area is 156 Å². The lowest BCUT2D eigenvalue weighted by Crippen LogP contribution is -2.55. The van der Waals surface area contributed by atoms with Gasteiger partial charge in [-0.3, -0.25) is 4.79 Å². The molecule has 0 bridgehead atoms. The molecule has 0 heterocycles. The number of rotatable bonds is 6. The maximum atomic E-state index is 12.6. The van der Waals surface area contributed by atoms with Crippen LogP contribution in [0.4, 0.5) is 5.69 Å². The van der Waals surface area contributed by atoms with Crippen molar-refractivity contribution in [3.63, 3.8) is 0 Å². The van der Waals surface area contributed by atoms with Crippen molar-refractivity contribution in [3.05, 3.63) is 90.5 Å². The van der Waals surface area contributed by atoms with E-state index in [1.165, 1.54) is 10.4 Å². The average molecular weight is 360 g/mol. The van der Waals surface area contributed by atoms with E-state index < -0.39 is 8.07 Å². The molecular weight excluding hydrogens is 334 g/mol. The number of hydrogen-bond acceptors (Lipinski definition) is 1. The number of carbonyl (C=O) groups excluding carboxylic acids is 1. The summed E-state index contributed by atoms with van der Waals surface area (Å²) in [4.78, 5) is 12.6. The third-order valence-corrected chi connectivity index (χ3v) is 9.56. The molecule has 0 unspecified atom stereocenters. The molecule has 0 aliphatic heterocycles. The van der Waals surface area contributed by atoms with Crippen molar-refractivity contribution < 1.29 is 4.79 Å². The summed E-state index contributed by atoms with van der Waals surface area (Å²) in [5, 5.41) is 5.81. The standard InChI is InChI=1S/C23H25NOSi/c1-19-11-9-10-16-22(19)24-23(25)17-18-26(2,20-12-5-3-6-13-20)21-14-7-4-8-15-21/h3-16H,17-18H2,1-2H3,(H,24,25). The Balaban J connectivity index is 1.79. The molecule has 0 atom stereocenters. The van der Waals surface area contributed by atoms with Crippen molar-refractivity contribution in [2.24, 2.45) is 0 Å². The lowest BCUT2D eigenvalue weighted by molar-refractivity contribution is -0.115. The fraction of sp³-hybridized carbons (Fsp3) is 0.174. The molecule has 0 saturated heterocycles. The predicted octanol–water partition coefficient (Wildman–Crippen LogP) is 4.22. The largest absolute Gasteiger partial charge is 0.326 e. The average Bonchev–Trinajstić information content (AvgIpc) is 2.69. The van der Waals surface area contributed by atoms with Gasteiger partial charge in [-0.1, -0.05) is 95.8 Å². The first kappa shape index (κ1) is 18.1. The maximum Gasteiger partial charge on any atom is 0.224 e. The Morgan fingerprint density at radius 2 is 1.31 bits per heavy atom. The Hall–Kier alpha value is -2.65. The van der Waals surface area contributed by atoms with Crippen LogP contribution < -0.4 is 15.7 Å². The second kappa shape index (κ2) is 8.15.